The molecule has 0 fully saturated rings. The van der Waals surface area contributed by atoms with Gasteiger partial charge < -0.3 is 14.2 Å². The quantitative estimate of drug-likeness (QED) is 0.536. The van der Waals surface area contributed by atoms with Gasteiger partial charge in [-0.15, -0.1) is 9.24 Å². The molecule has 3 aromatic rings. The van der Waals surface area contributed by atoms with Crippen LogP contribution in [-0.2, 0) is 11.6 Å². The number of hydrogen-bond acceptors (Lipinski definition) is 3. The van der Waals surface area contributed by atoms with Crippen molar-refractivity contribution < 1.29 is 14.2 Å². The van der Waals surface area contributed by atoms with Crippen molar-refractivity contribution >= 4 is 9.24 Å². The van der Waals surface area contributed by atoms with E-state index < -0.39 is 5.16 Å². The number of ether oxygens (including phenoxy) is 3. The Morgan fingerprint density at radius 1 is 0.630 bits per heavy atom. The molecule has 0 radical (unpaired) electrons. The second kappa shape index (κ2) is 8.45. The molecule has 3 rings (SSSR count). The normalized spacial score (nSPS) is 11.1. The lowest BCUT2D eigenvalue weighted by Gasteiger charge is -2.33. The van der Waals surface area contributed by atoms with Crippen molar-refractivity contribution in [1.29, 1.82) is 0 Å². The fourth-order valence-corrected chi connectivity index (χ4v) is 4.21. The fourth-order valence-electron chi connectivity index (χ4n) is 3.51. The lowest BCUT2D eigenvalue weighted by atomic mass is 9.83. The topological polar surface area (TPSA) is 27.7 Å². The van der Waals surface area contributed by atoms with Gasteiger partial charge in [0.15, 0.2) is 0 Å². The van der Waals surface area contributed by atoms with Gasteiger partial charge in [-0.3, -0.25) is 0 Å². The average Bonchev–Trinajstić information content (AvgIpc) is 2.74. The molecule has 3 nitrogen and oxygen atoms in total. The molecule has 0 N–H and O–H groups in total. The van der Waals surface area contributed by atoms with Crippen molar-refractivity contribution in [3.05, 3.63) is 89.5 Å². The third-order valence-corrected chi connectivity index (χ3v) is 5.66. The summed E-state index contributed by atoms with van der Waals surface area (Å²) < 4.78 is 17.0. The first-order chi connectivity index (χ1) is 13.1. The van der Waals surface area contributed by atoms with Gasteiger partial charge in [-0.05, 0) is 30.2 Å². The lowest BCUT2D eigenvalue weighted by Crippen LogP contribution is -2.25. The van der Waals surface area contributed by atoms with E-state index in [9.17, 15) is 0 Å². The molecule has 0 amide bonds. The molecule has 1 atom stereocenters. The largest absolute Gasteiger partial charge is 0.496 e. The predicted octanol–water partition coefficient (Wildman–Crippen LogP) is 5.07. The Morgan fingerprint density at radius 2 is 1.04 bits per heavy atom. The molecule has 0 heterocycles. The van der Waals surface area contributed by atoms with Crippen LogP contribution < -0.4 is 14.2 Å². The Bertz CT molecular complexity index is 860. The van der Waals surface area contributed by atoms with E-state index in [1.54, 1.807) is 21.3 Å². The Balaban J connectivity index is 2.23. The summed E-state index contributed by atoms with van der Waals surface area (Å²) in [5, 5.41) is -0.451. The van der Waals surface area contributed by atoms with Crippen LogP contribution in [0, 0.1) is 0 Å². The van der Waals surface area contributed by atoms with Gasteiger partial charge in [0.25, 0.3) is 0 Å². The minimum absolute atomic E-state index is 0.451. The molecule has 3 aromatic carbocycles. The second-order valence-electron chi connectivity index (χ2n) is 6.36. The van der Waals surface area contributed by atoms with Gasteiger partial charge in [0.2, 0.25) is 0 Å². The van der Waals surface area contributed by atoms with Crippen LogP contribution >= 0.6 is 9.24 Å². The molecular weight excluding hydrogens is 355 g/mol. The first kappa shape index (κ1) is 19.3. The average molecular weight is 380 g/mol. The molecule has 0 aliphatic heterocycles. The van der Waals surface area contributed by atoms with Crippen molar-refractivity contribution in [3.63, 3.8) is 0 Å². The van der Waals surface area contributed by atoms with Crippen LogP contribution in [0.3, 0.4) is 0 Å². The monoisotopic (exact) mass is 380 g/mol. The molecule has 0 bridgehead atoms. The van der Waals surface area contributed by atoms with E-state index in [0.717, 1.165) is 33.9 Å². The van der Waals surface area contributed by atoms with Gasteiger partial charge >= 0.3 is 0 Å². The molecular formula is C23H25O3P. The maximum Gasteiger partial charge on any atom is 0.123 e. The maximum atomic E-state index is 5.70. The molecule has 0 saturated heterocycles. The van der Waals surface area contributed by atoms with Crippen LogP contribution in [0.15, 0.2) is 72.8 Å². The lowest BCUT2D eigenvalue weighted by molar-refractivity contribution is 0.392. The SMILES string of the molecule is COc1ccccc1CC(P)(c1ccccc1OC)c1ccccc1OC. The van der Waals surface area contributed by atoms with Crippen LogP contribution in [0.2, 0.25) is 0 Å². The summed E-state index contributed by atoms with van der Waals surface area (Å²) in [5.74, 6) is 2.55. The number of hydrogen-bond donors (Lipinski definition) is 0. The molecule has 27 heavy (non-hydrogen) atoms. The fraction of sp³-hybridized carbons (Fsp3) is 0.217. The highest BCUT2D eigenvalue weighted by atomic mass is 31.0. The number of methoxy groups -OCH3 is 3. The van der Waals surface area contributed by atoms with Crippen molar-refractivity contribution in [2.24, 2.45) is 0 Å². The van der Waals surface area contributed by atoms with Crippen LogP contribution in [0.4, 0.5) is 0 Å². The highest BCUT2D eigenvalue weighted by Gasteiger charge is 2.35. The third kappa shape index (κ3) is 3.79. The Kier molecular flexibility index (Phi) is 6.03. The molecule has 0 spiro atoms. The molecule has 0 aliphatic carbocycles. The molecule has 0 aliphatic rings. The highest BCUT2D eigenvalue weighted by Crippen LogP contribution is 2.49. The van der Waals surface area contributed by atoms with Gasteiger partial charge in [-0.25, -0.2) is 0 Å². The summed E-state index contributed by atoms with van der Waals surface area (Å²) in [5.41, 5.74) is 3.27. The summed E-state index contributed by atoms with van der Waals surface area (Å²) in [6, 6.07) is 24.3. The number of benzene rings is 3. The number of para-hydroxylation sites is 3. The van der Waals surface area contributed by atoms with Crippen LogP contribution in [0.1, 0.15) is 16.7 Å². The Morgan fingerprint density at radius 3 is 1.52 bits per heavy atom. The molecule has 0 saturated carbocycles. The third-order valence-electron chi connectivity index (χ3n) is 4.84. The van der Waals surface area contributed by atoms with Crippen molar-refractivity contribution in [2.45, 2.75) is 11.6 Å². The molecule has 1 unspecified atom stereocenters. The smallest absolute Gasteiger partial charge is 0.123 e. The summed E-state index contributed by atoms with van der Waals surface area (Å²) >= 11 is 0. The van der Waals surface area contributed by atoms with Gasteiger partial charge in [-0.2, -0.15) is 0 Å². The van der Waals surface area contributed by atoms with Crippen molar-refractivity contribution in [2.75, 3.05) is 21.3 Å². The van der Waals surface area contributed by atoms with E-state index in [1.807, 2.05) is 54.6 Å². The zero-order chi connectivity index (χ0) is 19.3. The first-order valence-electron chi connectivity index (χ1n) is 8.81. The van der Waals surface area contributed by atoms with Crippen LogP contribution in [-0.4, -0.2) is 21.3 Å². The molecule has 140 valence electrons. The molecule has 4 heteroatoms. The van der Waals surface area contributed by atoms with Crippen molar-refractivity contribution in [1.82, 2.24) is 0 Å². The maximum absolute atomic E-state index is 5.70. The van der Waals surface area contributed by atoms with E-state index in [0.29, 0.717) is 6.42 Å². The van der Waals surface area contributed by atoms with Gasteiger partial charge in [0, 0.05) is 16.3 Å². The van der Waals surface area contributed by atoms with Gasteiger partial charge in [0.1, 0.15) is 17.2 Å². The standard InChI is InChI=1S/C23H25O3P/c1-24-20-13-7-4-10-17(20)16-23(27,18-11-5-8-14-21(18)25-2)19-12-6-9-15-22(19)26-3/h4-15H,16,27H2,1-3H3. The summed E-state index contributed by atoms with van der Waals surface area (Å²) in [6.07, 6.45) is 0.711. The van der Waals surface area contributed by atoms with Crippen LogP contribution in [0.5, 0.6) is 17.2 Å². The Labute approximate surface area is 163 Å². The van der Waals surface area contributed by atoms with Crippen molar-refractivity contribution in [3.8, 4) is 17.2 Å². The van der Waals surface area contributed by atoms with E-state index in [2.05, 4.69) is 27.4 Å². The van der Waals surface area contributed by atoms with E-state index in [1.165, 1.54) is 0 Å². The number of rotatable bonds is 7. The zero-order valence-electron chi connectivity index (χ0n) is 15.9. The highest BCUT2D eigenvalue weighted by molar-refractivity contribution is 7.19. The minimum atomic E-state index is -0.451. The second-order valence-corrected chi connectivity index (χ2v) is 7.35. The molecule has 0 aromatic heterocycles. The van der Waals surface area contributed by atoms with E-state index in [4.69, 9.17) is 14.2 Å². The minimum Gasteiger partial charge on any atom is -0.496 e. The van der Waals surface area contributed by atoms with E-state index >= 15 is 0 Å². The first-order valence-corrected chi connectivity index (χ1v) is 9.39. The van der Waals surface area contributed by atoms with E-state index in [-0.39, 0.29) is 0 Å². The zero-order valence-corrected chi connectivity index (χ0v) is 17.1. The Hall–Kier alpha value is -2.51. The summed E-state index contributed by atoms with van der Waals surface area (Å²) in [7, 11) is 8.16. The van der Waals surface area contributed by atoms with Gasteiger partial charge in [-0.1, -0.05) is 54.6 Å². The van der Waals surface area contributed by atoms with Crippen LogP contribution in [0.25, 0.3) is 0 Å². The predicted molar refractivity (Wildman–Crippen MR) is 113 cm³/mol. The summed E-state index contributed by atoms with van der Waals surface area (Å²) in [6.45, 7) is 0. The van der Waals surface area contributed by atoms with Gasteiger partial charge in [0.05, 0.1) is 21.3 Å². The summed E-state index contributed by atoms with van der Waals surface area (Å²) in [4.78, 5) is 0.